The maximum absolute atomic E-state index is 13.0. The van der Waals surface area contributed by atoms with Crippen LogP contribution in [0.2, 0.25) is 0 Å². The smallest absolute Gasteiger partial charge is 0.243 e. The largest absolute Gasteiger partial charge is 0.593 e. The predicted octanol–water partition coefficient (Wildman–Crippen LogP) is -1.92. The highest BCUT2D eigenvalue weighted by atomic mass is 32.2. The Bertz CT molecular complexity index is 1310. The van der Waals surface area contributed by atoms with Gasteiger partial charge in [-0.05, 0) is 23.8 Å². The van der Waals surface area contributed by atoms with Gasteiger partial charge in [-0.1, -0.05) is 12.1 Å². The SMILES string of the molecule is NCc1nc2c(-c3ccc([S+]([O-])NCC(O)CN)c(S(N)(=O)=O)c3/C(N)=N/NN)cccc2s1. The van der Waals surface area contributed by atoms with Gasteiger partial charge < -0.3 is 26.9 Å². The Kier molecular flexibility index (Phi) is 8.42. The Labute approximate surface area is 202 Å². The zero-order valence-corrected chi connectivity index (χ0v) is 20.2. The summed E-state index contributed by atoms with van der Waals surface area (Å²) in [6.45, 7) is -0.00811. The second-order valence-electron chi connectivity index (χ2n) is 6.96. The van der Waals surface area contributed by atoms with Crippen molar-refractivity contribution in [1.82, 2.24) is 15.2 Å². The Morgan fingerprint density at radius 3 is 2.62 bits per heavy atom. The van der Waals surface area contributed by atoms with E-state index in [0.29, 0.717) is 21.7 Å². The first-order chi connectivity index (χ1) is 16.1. The standard InChI is InChI=1S/C18H25N9O4S3/c19-6-9(28)8-24-33(29)13-5-4-10(15(18(21)26-27-22)17(13)34(23,30)31)11-2-1-3-12-16(11)25-14(7-20)32-12/h1-5,9,24,27-28H,6-8,19-20,22H2,(H2,21,26)(H2,23,30,31). The number of nitrogens with one attached hydrogen (secondary N) is 2. The van der Waals surface area contributed by atoms with Crippen LogP contribution in [0.25, 0.3) is 21.3 Å². The van der Waals surface area contributed by atoms with Crippen molar-refractivity contribution in [2.24, 2.45) is 33.3 Å². The summed E-state index contributed by atoms with van der Waals surface area (Å²) in [5.41, 5.74) is 20.6. The van der Waals surface area contributed by atoms with Gasteiger partial charge in [0.1, 0.15) is 5.01 Å². The van der Waals surface area contributed by atoms with Crippen molar-refractivity contribution < 1.29 is 18.1 Å². The number of benzene rings is 2. The Hall–Kier alpha value is -2.38. The van der Waals surface area contributed by atoms with E-state index in [-0.39, 0.29) is 35.9 Å². The number of hydrazone groups is 1. The molecule has 0 fully saturated rings. The summed E-state index contributed by atoms with van der Waals surface area (Å²) in [7, 11) is -4.49. The molecule has 1 heterocycles. The minimum absolute atomic E-state index is 0.0827. The Morgan fingerprint density at radius 2 is 2.00 bits per heavy atom. The van der Waals surface area contributed by atoms with Gasteiger partial charge in [-0.25, -0.2) is 29.9 Å². The highest BCUT2D eigenvalue weighted by molar-refractivity contribution is 7.92. The average Bonchev–Trinajstić information content (AvgIpc) is 3.24. The summed E-state index contributed by atoms with van der Waals surface area (Å²) in [6.07, 6.45) is -0.993. The van der Waals surface area contributed by atoms with E-state index >= 15 is 0 Å². The minimum atomic E-state index is -4.49. The van der Waals surface area contributed by atoms with Crippen LogP contribution in [0.5, 0.6) is 0 Å². The monoisotopic (exact) mass is 527 g/mol. The lowest BCUT2D eigenvalue weighted by atomic mass is 9.98. The van der Waals surface area contributed by atoms with Gasteiger partial charge in [-0.15, -0.1) is 21.2 Å². The second-order valence-corrected chi connectivity index (χ2v) is 10.8. The topological polar surface area (TPSA) is 257 Å². The minimum Gasteiger partial charge on any atom is -0.593 e. The molecule has 2 aromatic carbocycles. The van der Waals surface area contributed by atoms with E-state index < -0.39 is 32.4 Å². The number of thiazole rings is 1. The zero-order valence-electron chi connectivity index (χ0n) is 17.8. The summed E-state index contributed by atoms with van der Waals surface area (Å²) in [5, 5.41) is 19.6. The molecule has 2 atom stereocenters. The first kappa shape index (κ1) is 26.2. The average molecular weight is 528 g/mol. The third-order valence-electron chi connectivity index (χ3n) is 4.70. The highest BCUT2D eigenvalue weighted by Crippen LogP contribution is 2.37. The molecule has 0 aliphatic heterocycles. The highest BCUT2D eigenvalue weighted by Gasteiger charge is 2.32. The number of amidine groups is 1. The van der Waals surface area contributed by atoms with Crippen molar-refractivity contribution in [1.29, 1.82) is 0 Å². The van der Waals surface area contributed by atoms with Gasteiger partial charge in [0.2, 0.25) is 10.0 Å². The van der Waals surface area contributed by atoms with E-state index in [1.807, 2.05) is 11.6 Å². The van der Waals surface area contributed by atoms with Crippen molar-refractivity contribution in [3.05, 3.63) is 40.9 Å². The number of sulfonamides is 1. The van der Waals surface area contributed by atoms with E-state index in [4.69, 9.17) is 28.2 Å². The van der Waals surface area contributed by atoms with Crippen LogP contribution in [-0.4, -0.2) is 48.1 Å². The summed E-state index contributed by atoms with van der Waals surface area (Å²) in [5.74, 6) is 4.97. The first-order valence-electron chi connectivity index (χ1n) is 9.73. The van der Waals surface area contributed by atoms with Gasteiger partial charge in [0.15, 0.2) is 15.6 Å². The van der Waals surface area contributed by atoms with Gasteiger partial charge in [0.05, 0.1) is 39.8 Å². The van der Waals surface area contributed by atoms with Crippen molar-refractivity contribution >= 4 is 48.8 Å². The van der Waals surface area contributed by atoms with E-state index in [9.17, 15) is 18.1 Å². The van der Waals surface area contributed by atoms with Gasteiger partial charge in [-0.2, -0.15) is 0 Å². The van der Waals surface area contributed by atoms with Crippen LogP contribution in [0.1, 0.15) is 10.6 Å². The summed E-state index contributed by atoms with van der Waals surface area (Å²) in [6, 6.07) is 8.23. The molecule has 3 aromatic rings. The number of nitrogens with two attached hydrogens (primary N) is 5. The number of aliphatic hydroxyl groups excluding tert-OH is 1. The predicted molar refractivity (Wildman–Crippen MR) is 132 cm³/mol. The summed E-state index contributed by atoms with van der Waals surface area (Å²) < 4.78 is 41.8. The van der Waals surface area contributed by atoms with Crippen LogP contribution in [0.3, 0.4) is 0 Å². The first-order valence-corrected chi connectivity index (χ1v) is 13.2. The number of primary sulfonamides is 1. The van der Waals surface area contributed by atoms with Crippen LogP contribution in [0.4, 0.5) is 0 Å². The van der Waals surface area contributed by atoms with Crippen molar-refractivity contribution in [3.63, 3.8) is 0 Å². The van der Waals surface area contributed by atoms with Crippen molar-refractivity contribution in [2.75, 3.05) is 13.1 Å². The van der Waals surface area contributed by atoms with E-state index in [1.54, 1.807) is 12.1 Å². The molecule has 0 spiro atoms. The number of aromatic nitrogens is 1. The van der Waals surface area contributed by atoms with Gasteiger partial charge in [0, 0.05) is 18.7 Å². The number of para-hydroxylation sites is 1. The maximum atomic E-state index is 13.0. The molecule has 34 heavy (non-hydrogen) atoms. The van der Waals surface area contributed by atoms with Crippen LogP contribution < -0.4 is 38.4 Å². The lowest BCUT2D eigenvalue weighted by Crippen LogP contribution is -2.37. The lowest BCUT2D eigenvalue weighted by Gasteiger charge is -2.19. The molecule has 13 N–H and O–H groups in total. The number of hydrogen-bond donors (Lipinski definition) is 8. The molecule has 0 aliphatic carbocycles. The molecule has 0 aliphatic rings. The van der Waals surface area contributed by atoms with Gasteiger partial charge in [0.25, 0.3) is 0 Å². The number of nitrogens with zero attached hydrogens (tertiary/aromatic N) is 2. The fourth-order valence-corrected chi connectivity index (χ4v) is 6.49. The molecule has 0 bridgehead atoms. The van der Waals surface area contributed by atoms with E-state index in [0.717, 1.165) is 4.70 Å². The fraction of sp³-hybridized carbons (Fsp3) is 0.222. The van der Waals surface area contributed by atoms with E-state index in [2.05, 4.69) is 14.8 Å². The molecular weight excluding hydrogens is 502 g/mol. The van der Waals surface area contributed by atoms with Crippen molar-refractivity contribution in [2.45, 2.75) is 22.4 Å². The Morgan fingerprint density at radius 1 is 1.26 bits per heavy atom. The second kappa shape index (κ2) is 10.9. The molecule has 2 unspecified atom stereocenters. The maximum Gasteiger partial charge on any atom is 0.243 e. The quantitative estimate of drug-likeness (QED) is 0.0474. The molecule has 0 amide bonds. The lowest BCUT2D eigenvalue weighted by molar-refractivity contribution is 0.186. The number of rotatable bonds is 10. The fourth-order valence-electron chi connectivity index (χ4n) is 3.23. The van der Waals surface area contributed by atoms with Gasteiger partial charge >= 0.3 is 0 Å². The Balaban J connectivity index is 2.33. The number of hydrazine groups is 1. The number of fused-ring (bicyclic) bond motifs is 1. The van der Waals surface area contributed by atoms with Crippen LogP contribution in [-0.2, 0) is 27.9 Å². The van der Waals surface area contributed by atoms with Crippen molar-refractivity contribution in [3.8, 4) is 11.1 Å². The van der Waals surface area contributed by atoms with Crippen LogP contribution in [0, 0.1) is 0 Å². The van der Waals surface area contributed by atoms with E-state index in [1.165, 1.54) is 23.5 Å². The third kappa shape index (κ3) is 5.47. The normalized spacial score (nSPS) is 14.4. The molecule has 1 aromatic heterocycles. The molecule has 13 nitrogen and oxygen atoms in total. The number of aliphatic hydroxyl groups is 1. The van der Waals surface area contributed by atoms with Crippen LogP contribution >= 0.6 is 11.3 Å². The molecule has 0 saturated carbocycles. The molecule has 184 valence electrons. The van der Waals surface area contributed by atoms with Crippen LogP contribution in [0.15, 0.2) is 45.2 Å². The number of hydrogen-bond acceptors (Lipinski definition) is 12. The van der Waals surface area contributed by atoms with Gasteiger partial charge in [-0.3, -0.25) is 0 Å². The summed E-state index contributed by atoms with van der Waals surface area (Å²) in [4.78, 5) is 3.84. The molecule has 16 heteroatoms. The molecular formula is C18H25N9O4S3. The summed E-state index contributed by atoms with van der Waals surface area (Å²) >= 11 is -0.706. The molecule has 3 rings (SSSR count). The third-order valence-corrected chi connectivity index (χ3v) is 8.03. The zero-order chi connectivity index (χ0) is 25.0. The molecule has 0 radical (unpaired) electrons. The molecule has 0 saturated heterocycles.